The van der Waals surface area contributed by atoms with Crippen LogP contribution in [0.3, 0.4) is 0 Å². The summed E-state index contributed by atoms with van der Waals surface area (Å²) in [5, 5.41) is 0. The summed E-state index contributed by atoms with van der Waals surface area (Å²) >= 11 is 0. The van der Waals surface area contributed by atoms with Gasteiger partial charge in [-0.1, -0.05) is 31.0 Å². The van der Waals surface area contributed by atoms with Gasteiger partial charge in [0.05, 0.1) is 16.8 Å². The fourth-order valence-electron chi connectivity index (χ4n) is 5.95. The van der Waals surface area contributed by atoms with E-state index in [1.807, 2.05) is 13.8 Å². The molecule has 0 N–H and O–H groups in total. The molecule has 1 aliphatic carbocycles. The fraction of sp³-hybridized carbons (Fsp3) is 0.519. The molecule has 5 rings (SSSR count). The first-order chi connectivity index (χ1) is 17.3. The van der Waals surface area contributed by atoms with Crippen molar-refractivity contribution in [3.8, 4) is 0 Å². The van der Waals surface area contributed by atoms with Crippen molar-refractivity contribution in [2.24, 2.45) is 0 Å². The number of hydrogen-bond donors (Lipinski definition) is 0. The average molecular weight is 494 g/mol. The van der Waals surface area contributed by atoms with Gasteiger partial charge in [-0.05, 0) is 32.8 Å². The van der Waals surface area contributed by atoms with Crippen LogP contribution in [0, 0.1) is 19.7 Å². The number of imide groups is 1. The summed E-state index contributed by atoms with van der Waals surface area (Å²) in [7, 11) is 0. The van der Waals surface area contributed by atoms with Crippen molar-refractivity contribution in [2.75, 3.05) is 31.1 Å². The number of likely N-dealkylation sites (tertiary alicyclic amines) is 1. The minimum atomic E-state index is -1.50. The van der Waals surface area contributed by atoms with Crippen LogP contribution >= 0.6 is 0 Å². The van der Waals surface area contributed by atoms with E-state index in [4.69, 9.17) is 0 Å². The van der Waals surface area contributed by atoms with E-state index in [1.54, 1.807) is 29.3 Å². The van der Waals surface area contributed by atoms with Crippen LogP contribution in [0.5, 0.6) is 0 Å². The second kappa shape index (κ2) is 9.59. The molecule has 36 heavy (non-hydrogen) atoms. The maximum absolute atomic E-state index is 15.1. The zero-order valence-electron chi connectivity index (χ0n) is 20.9. The summed E-state index contributed by atoms with van der Waals surface area (Å²) in [4.78, 5) is 54.7. The lowest BCUT2D eigenvalue weighted by atomic mass is 9.75. The van der Waals surface area contributed by atoms with Gasteiger partial charge in [0, 0.05) is 56.8 Å². The molecule has 1 aromatic carbocycles. The van der Waals surface area contributed by atoms with Gasteiger partial charge < -0.3 is 9.80 Å². The number of halogens is 1. The number of hydrogen-bond acceptors (Lipinski definition) is 6. The van der Waals surface area contributed by atoms with Gasteiger partial charge in [-0.25, -0.2) is 9.37 Å². The standard InChI is InChI=1S/C27H32FN5O3/c1-18-17-29-19(2)25(30-18)32-13-11-31(12-14-32)23(34)15-27(21-9-5-6-10-22(21)28)16-24(35)33(26(27)36)20-7-3-4-8-20/h5-6,9-10,17,20H,3-4,7-8,11-16H2,1-2H3/t27-/m0/s1. The molecule has 1 saturated carbocycles. The Morgan fingerprint density at radius 3 is 2.47 bits per heavy atom. The highest BCUT2D eigenvalue weighted by molar-refractivity contribution is 6.11. The molecule has 3 aliphatic rings. The monoisotopic (exact) mass is 493 g/mol. The SMILES string of the molecule is Cc1cnc(C)c(N2CCN(C(=O)C[C@@]3(c4ccccc4F)CC(=O)N(C4CCCC4)C3=O)CC2)n1. The van der Waals surface area contributed by atoms with Crippen LogP contribution in [0.25, 0.3) is 0 Å². The molecule has 0 spiro atoms. The molecule has 3 amide bonds. The van der Waals surface area contributed by atoms with Gasteiger partial charge in [-0.2, -0.15) is 0 Å². The molecule has 3 heterocycles. The Hall–Kier alpha value is -3.36. The van der Waals surface area contributed by atoms with Gasteiger partial charge in [-0.15, -0.1) is 0 Å². The van der Waals surface area contributed by atoms with Crippen LogP contribution in [0.2, 0.25) is 0 Å². The number of aryl methyl sites for hydroxylation is 2. The summed E-state index contributed by atoms with van der Waals surface area (Å²) in [6.07, 6.45) is 4.79. The predicted molar refractivity (Wildman–Crippen MR) is 132 cm³/mol. The quantitative estimate of drug-likeness (QED) is 0.596. The van der Waals surface area contributed by atoms with Gasteiger partial charge in [0.25, 0.3) is 0 Å². The highest BCUT2D eigenvalue weighted by Crippen LogP contribution is 2.44. The number of carbonyl (C=O) groups excluding carboxylic acids is 3. The number of aromatic nitrogens is 2. The fourth-order valence-corrected chi connectivity index (χ4v) is 5.95. The Labute approximate surface area is 210 Å². The van der Waals surface area contributed by atoms with Crippen LogP contribution in [-0.4, -0.2) is 69.7 Å². The summed E-state index contributed by atoms with van der Waals surface area (Å²) < 4.78 is 15.1. The molecule has 3 fully saturated rings. The van der Waals surface area contributed by atoms with Crippen LogP contribution in [0.1, 0.15) is 55.5 Å². The number of benzene rings is 1. The van der Waals surface area contributed by atoms with Crippen LogP contribution in [0.4, 0.5) is 10.2 Å². The Morgan fingerprint density at radius 1 is 1.08 bits per heavy atom. The Kier molecular flexibility index (Phi) is 6.49. The van der Waals surface area contributed by atoms with Gasteiger partial charge in [0.2, 0.25) is 17.7 Å². The van der Waals surface area contributed by atoms with Gasteiger partial charge in [0.15, 0.2) is 0 Å². The lowest BCUT2D eigenvalue weighted by Crippen LogP contribution is -2.52. The molecule has 0 radical (unpaired) electrons. The molecule has 8 nitrogen and oxygen atoms in total. The van der Waals surface area contributed by atoms with Crippen LogP contribution in [0.15, 0.2) is 30.5 Å². The maximum Gasteiger partial charge on any atom is 0.241 e. The Balaban J connectivity index is 1.37. The van der Waals surface area contributed by atoms with Crippen molar-refractivity contribution in [3.05, 3.63) is 53.2 Å². The Bertz CT molecular complexity index is 1190. The zero-order valence-corrected chi connectivity index (χ0v) is 20.9. The third kappa shape index (κ3) is 4.24. The van der Waals surface area contributed by atoms with Crippen molar-refractivity contribution in [1.82, 2.24) is 19.8 Å². The minimum absolute atomic E-state index is 0.140. The van der Waals surface area contributed by atoms with E-state index in [0.29, 0.717) is 26.2 Å². The topological polar surface area (TPSA) is 86.7 Å². The molecule has 0 bridgehead atoms. The molecule has 1 aromatic heterocycles. The minimum Gasteiger partial charge on any atom is -0.352 e. The number of anilines is 1. The van der Waals surface area contributed by atoms with Crippen molar-refractivity contribution < 1.29 is 18.8 Å². The molecule has 2 aromatic rings. The largest absolute Gasteiger partial charge is 0.352 e. The summed E-state index contributed by atoms with van der Waals surface area (Å²) in [6, 6.07) is 5.89. The van der Waals surface area contributed by atoms with E-state index in [1.165, 1.54) is 11.0 Å². The first-order valence-corrected chi connectivity index (χ1v) is 12.7. The molecule has 2 saturated heterocycles. The molecule has 1 atom stereocenters. The first kappa shape index (κ1) is 24.3. The molecule has 2 aliphatic heterocycles. The average Bonchev–Trinajstić information content (AvgIpc) is 3.47. The van der Waals surface area contributed by atoms with Crippen molar-refractivity contribution >= 4 is 23.5 Å². The number of rotatable bonds is 5. The van der Waals surface area contributed by atoms with E-state index in [0.717, 1.165) is 42.9 Å². The number of piperazine rings is 1. The maximum atomic E-state index is 15.1. The third-order valence-corrected chi connectivity index (χ3v) is 7.86. The van der Waals surface area contributed by atoms with Crippen molar-refractivity contribution in [3.63, 3.8) is 0 Å². The van der Waals surface area contributed by atoms with Crippen LogP contribution < -0.4 is 4.90 Å². The van der Waals surface area contributed by atoms with Gasteiger partial charge in [-0.3, -0.25) is 24.3 Å². The summed E-state index contributed by atoms with van der Waals surface area (Å²) in [6.45, 7) is 5.88. The highest BCUT2D eigenvalue weighted by atomic mass is 19.1. The number of carbonyl (C=O) groups is 3. The van der Waals surface area contributed by atoms with Crippen molar-refractivity contribution in [2.45, 2.75) is 63.8 Å². The molecule has 0 unspecified atom stereocenters. The highest BCUT2D eigenvalue weighted by Gasteiger charge is 2.56. The Morgan fingerprint density at radius 2 is 1.78 bits per heavy atom. The number of amides is 3. The van der Waals surface area contributed by atoms with Gasteiger partial charge >= 0.3 is 0 Å². The third-order valence-electron chi connectivity index (χ3n) is 7.86. The molecular formula is C27H32FN5O3. The van der Waals surface area contributed by atoms with Crippen molar-refractivity contribution in [1.29, 1.82) is 0 Å². The van der Waals surface area contributed by atoms with Gasteiger partial charge in [0.1, 0.15) is 11.6 Å². The normalized spacial score (nSPS) is 23.1. The van der Waals surface area contributed by atoms with E-state index in [2.05, 4.69) is 14.9 Å². The van der Waals surface area contributed by atoms with E-state index in [-0.39, 0.29) is 36.3 Å². The lowest BCUT2D eigenvalue weighted by molar-refractivity contribution is -0.144. The van der Waals surface area contributed by atoms with E-state index < -0.39 is 17.1 Å². The summed E-state index contributed by atoms with van der Waals surface area (Å²) in [5.41, 5.74) is 0.303. The first-order valence-electron chi connectivity index (χ1n) is 12.7. The van der Waals surface area contributed by atoms with Crippen LogP contribution in [-0.2, 0) is 19.8 Å². The second-order valence-corrected chi connectivity index (χ2v) is 10.2. The smallest absolute Gasteiger partial charge is 0.241 e. The van der Waals surface area contributed by atoms with E-state index >= 15 is 4.39 Å². The predicted octanol–water partition coefficient (Wildman–Crippen LogP) is 2.91. The lowest BCUT2D eigenvalue weighted by Gasteiger charge is -2.37. The second-order valence-electron chi connectivity index (χ2n) is 10.2. The number of nitrogens with zero attached hydrogens (tertiary/aromatic N) is 5. The summed E-state index contributed by atoms with van der Waals surface area (Å²) in [5.74, 6) is -0.713. The molecule has 9 heteroatoms. The zero-order chi connectivity index (χ0) is 25.4. The molecule has 190 valence electrons. The molecular weight excluding hydrogens is 461 g/mol. The van der Waals surface area contributed by atoms with E-state index in [9.17, 15) is 14.4 Å².